The maximum Gasteiger partial charge on any atom is 0.191 e. The van der Waals surface area contributed by atoms with Crippen molar-refractivity contribution in [3.05, 3.63) is 34.6 Å². The highest BCUT2D eigenvalue weighted by Gasteiger charge is 2.33. The van der Waals surface area contributed by atoms with Gasteiger partial charge in [-0.3, -0.25) is 5.10 Å². The SMILES string of the molecule is CCNC(=NCc1nc(-c2ccc(Br)cc2)n[nH]1)NC1CC1C.I. The Morgan fingerprint density at radius 1 is 1.38 bits per heavy atom. The number of nitrogens with one attached hydrogen (secondary N) is 3. The summed E-state index contributed by atoms with van der Waals surface area (Å²) in [5.41, 5.74) is 0.983. The van der Waals surface area contributed by atoms with Gasteiger partial charge in [-0.1, -0.05) is 35.0 Å². The normalized spacial score (nSPS) is 19.5. The van der Waals surface area contributed by atoms with Gasteiger partial charge in [0.25, 0.3) is 0 Å². The largest absolute Gasteiger partial charge is 0.357 e. The van der Waals surface area contributed by atoms with E-state index in [0.717, 1.165) is 34.3 Å². The highest BCUT2D eigenvalue weighted by Crippen LogP contribution is 2.28. The molecule has 1 fully saturated rings. The molecular weight excluding hydrogens is 483 g/mol. The van der Waals surface area contributed by atoms with E-state index in [2.05, 4.69) is 60.6 Å². The number of hydrogen-bond donors (Lipinski definition) is 3. The molecule has 8 heteroatoms. The van der Waals surface area contributed by atoms with E-state index in [9.17, 15) is 0 Å². The highest BCUT2D eigenvalue weighted by atomic mass is 127. The molecule has 6 nitrogen and oxygen atoms in total. The van der Waals surface area contributed by atoms with Crippen LogP contribution in [0.1, 0.15) is 26.1 Å². The molecule has 3 rings (SSSR count). The van der Waals surface area contributed by atoms with Crippen LogP contribution in [-0.2, 0) is 6.54 Å². The summed E-state index contributed by atoms with van der Waals surface area (Å²) >= 11 is 3.43. The van der Waals surface area contributed by atoms with Gasteiger partial charge in [-0.2, -0.15) is 5.10 Å². The van der Waals surface area contributed by atoms with Gasteiger partial charge in [-0.05, 0) is 31.4 Å². The summed E-state index contributed by atoms with van der Waals surface area (Å²) in [7, 11) is 0. The molecule has 0 bridgehead atoms. The molecule has 2 atom stereocenters. The third-order valence-electron chi connectivity index (χ3n) is 3.80. The number of benzene rings is 1. The first-order valence-electron chi connectivity index (χ1n) is 7.87. The Kier molecular flexibility index (Phi) is 7.02. The molecule has 1 aromatic carbocycles. The van der Waals surface area contributed by atoms with Gasteiger partial charge in [0.1, 0.15) is 12.4 Å². The lowest BCUT2D eigenvalue weighted by Crippen LogP contribution is -2.39. The van der Waals surface area contributed by atoms with E-state index in [1.807, 2.05) is 24.3 Å². The lowest BCUT2D eigenvalue weighted by molar-refractivity contribution is 0.762. The van der Waals surface area contributed by atoms with E-state index in [4.69, 9.17) is 0 Å². The van der Waals surface area contributed by atoms with Crippen LogP contribution in [0.3, 0.4) is 0 Å². The van der Waals surface area contributed by atoms with Gasteiger partial charge in [-0.25, -0.2) is 9.98 Å². The number of aliphatic imine (C=N–C) groups is 1. The Labute approximate surface area is 167 Å². The van der Waals surface area contributed by atoms with Crippen molar-refractivity contribution in [1.82, 2.24) is 25.8 Å². The Hall–Kier alpha value is -1.16. The lowest BCUT2D eigenvalue weighted by Gasteiger charge is -2.09. The van der Waals surface area contributed by atoms with Crippen molar-refractivity contribution in [2.24, 2.45) is 10.9 Å². The molecule has 1 heterocycles. The zero-order valence-electron chi connectivity index (χ0n) is 13.7. The van der Waals surface area contributed by atoms with Crippen molar-refractivity contribution < 1.29 is 0 Å². The Morgan fingerprint density at radius 2 is 2.08 bits per heavy atom. The van der Waals surface area contributed by atoms with Gasteiger partial charge in [0.15, 0.2) is 11.8 Å². The zero-order chi connectivity index (χ0) is 16.2. The first-order chi connectivity index (χ1) is 11.2. The van der Waals surface area contributed by atoms with Crippen LogP contribution in [0.15, 0.2) is 33.7 Å². The van der Waals surface area contributed by atoms with Crippen molar-refractivity contribution >= 4 is 45.9 Å². The van der Waals surface area contributed by atoms with Crippen molar-refractivity contribution in [2.45, 2.75) is 32.9 Å². The van der Waals surface area contributed by atoms with E-state index < -0.39 is 0 Å². The van der Waals surface area contributed by atoms with Crippen molar-refractivity contribution in [2.75, 3.05) is 6.54 Å². The molecule has 2 aromatic rings. The van der Waals surface area contributed by atoms with E-state index in [1.165, 1.54) is 6.42 Å². The summed E-state index contributed by atoms with van der Waals surface area (Å²) < 4.78 is 1.04. The van der Waals surface area contributed by atoms with Crippen LogP contribution in [-0.4, -0.2) is 33.7 Å². The minimum atomic E-state index is 0. The molecule has 0 aliphatic heterocycles. The summed E-state index contributed by atoms with van der Waals surface area (Å²) in [6.07, 6.45) is 1.21. The summed E-state index contributed by atoms with van der Waals surface area (Å²) in [5, 5.41) is 13.9. The first-order valence-corrected chi connectivity index (χ1v) is 8.67. The number of aromatic nitrogens is 3. The molecule has 3 N–H and O–H groups in total. The Bertz CT molecular complexity index is 684. The van der Waals surface area contributed by atoms with E-state index in [-0.39, 0.29) is 24.0 Å². The molecule has 0 spiro atoms. The number of aromatic amines is 1. The summed E-state index contributed by atoms with van der Waals surface area (Å²) in [4.78, 5) is 9.08. The second-order valence-electron chi connectivity index (χ2n) is 5.77. The van der Waals surface area contributed by atoms with Crippen LogP contribution in [0.2, 0.25) is 0 Å². The fraction of sp³-hybridized carbons (Fsp3) is 0.438. The molecule has 1 aromatic heterocycles. The van der Waals surface area contributed by atoms with Crippen LogP contribution in [0.5, 0.6) is 0 Å². The molecule has 1 saturated carbocycles. The molecule has 1 aliphatic rings. The molecule has 2 unspecified atom stereocenters. The number of halogens is 2. The summed E-state index contributed by atoms with van der Waals surface area (Å²) in [5.74, 6) is 3.01. The fourth-order valence-corrected chi connectivity index (χ4v) is 2.53. The summed E-state index contributed by atoms with van der Waals surface area (Å²) in [6, 6.07) is 8.47. The lowest BCUT2D eigenvalue weighted by atomic mass is 10.2. The van der Waals surface area contributed by atoms with Crippen LogP contribution >= 0.6 is 39.9 Å². The molecular formula is C16H22BrIN6. The number of H-pyrrole nitrogens is 1. The van der Waals surface area contributed by atoms with Gasteiger partial charge in [0.2, 0.25) is 0 Å². The van der Waals surface area contributed by atoms with Crippen molar-refractivity contribution in [3.63, 3.8) is 0 Å². The smallest absolute Gasteiger partial charge is 0.191 e. The van der Waals surface area contributed by atoms with Gasteiger partial charge >= 0.3 is 0 Å². The van der Waals surface area contributed by atoms with Crippen LogP contribution in [0, 0.1) is 5.92 Å². The predicted octanol–water partition coefficient (Wildman–Crippen LogP) is 3.32. The van der Waals surface area contributed by atoms with Crippen LogP contribution in [0.4, 0.5) is 0 Å². The number of guanidine groups is 1. The molecule has 1 aliphatic carbocycles. The van der Waals surface area contributed by atoms with E-state index in [0.29, 0.717) is 18.4 Å². The van der Waals surface area contributed by atoms with E-state index >= 15 is 0 Å². The topological polar surface area (TPSA) is 78.0 Å². The number of rotatable bonds is 5. The van der Waals surface area contributed by atoms with Gasteiger partial charge in [0.05, 0.1) is 0 Å². The number of hydrogen-bond acceptors (Lipinski definition) is 3. The fourth-order valence-electron chi connectivity index (χ4n) is 2.27. The predicted molar refractivity (Wildman–Crippen MR) is 110 cm³/mol. The highest BCUT2D eigenvalue weighted by molar-refractivity contribution is 14.0. The molecule has 0 amide bonds. The maximum atomic E-state index is 4.57. The third kappa shape index (κ3) is 5.17. The van der Waals surface area contributed by atoms with Crippen molar-refractivity contribution in [3.8, 4) is 11.4 Å². The zero-order valence-corrected chi connectivity index (χ0v) is 17.6. The van der Waals surface area contributed by atoms with Gasteiger partial charge < -0.3 is 10.6 Å². The molecule has 24 heavy (non-hydrogen) atoms. The van der Waals surface area contributed by atoms with Crippen LogP contribution < -0.4 is 10.6 Å². The quantitative estimate of drug-likeness (QED) is 0.331. The maximum absolute atomic E-state index is 4.57. The van der Waals surface area contributed by atoms with E-state index in [1.54, 1.807) is 0 Å². The van der Waals surface area contributed by atoms with Gasteiger partial charge in [-0.15, -0.1) is 24.0 Å². The average Bonchev–Trinajstić information content (AvgIpc) is 3.04. The number of nitrogens with zero attached hydrogens (tertiary/aromatic N) is 3. The monoisotopic (exact) mass is 504 g/mol. The van der Waals surface area contributed by atoms with Gasteiger partial charge in [0, 0.05) is 22.6 Å². The molecule has 130 valence electrons. The second-order valence-corrected chi connectivity index (χ2v) is 6.69. The average molecular weight is 505 g/mol. The molecule has 0 saturated heterocycles. The Balaban J connectivity index is 0.00000208. The minimum absolute atomic E-state index is 0. The second kappa shape index (κ2) is 8.80. The standard InChI is InChI=1S/C16H21BrN6.HI/c1-3-18-16(20-13-8-10(13)2)19-9-14-21-15(23-22-14)11-4-6-12(17)7-5-11;/h4-7,10,13H,3,8-9H2,1-2H3,(H2,18,19,20)(H,21,22,23);1H. The Morgan fingerprint density at radius 3 is 2.71 bits per heavy atom. The molecule has 0 radical (unpaired) electrons. The summed E-state index contributed by atoms with van der Waals surface area (Å²) in [6.45, 7) is 5.61. The minimum Gasteiger partial charge on any atom is -0.357 e. The van der Waals surface area contributed by atoms with Crippen molar-refractivity contribution in [1.29, 1.82) is 0 Å². The third-order valence-corrected chi connectivity index (χ3v) is 4.33. The van der Waals surface area contributed by atoms with Crippen LogP contribution in [0.25, 0.3) is 11.4 Å². The first kappa shape index (κ1) is 19.2.